The molecule has 0 saturated carbocycles. The highest BCUT2D eigenvalue weighted by Crippen LogP contribution is 2.26. The summed E-state index contributed by atoms with van der Waals surface area (Å²) in [6.45, 7) is 1.41. The van der Waals surface area contributed by atoms with Crippen molar-refractivity contribution in [2.24, 2.45) is 5.73 Å². The second-order valence-corrected chi connectivity index (χ2v) is 7.83. The monoisotopic (exact) mass is 455 g/mol. The molecule has 2 aromatic heterocycles. The fourth-order valence-corrected chi connectivity index (χ4v) is 3.54. The number of para-hydroxylation sites is 1. The normalized spacial score (nSPS) is 10.6. The minimum atomic E-state index is -0.230. The molecule has 34 heavy (non-hydrogen) atoms. The number of hydrogen-bond donors (Lipinski definition) is 3. The summed E-state index contributed by atoms with van der Waals surface area (Å²) in [7, 11) is 0. The highest BCUT2D eigenvalue weighted by Gasteiger charge is 2.10. The molecule has 0 aliphatic heterocycles. The van der Waals surface area contributed by atoms with Gasteiger partial charge in [0.05, 0.1) is 23.5 Å². The Balaban J connectivity index is 1.37. The van der Waals surface area contributed by atoms with Gasteiger partial charge in [-0.25, -0.2) is 4.39 Å². The van der Waals surface area contributed by atoms with Crippen LogP contribution in [0.1, 0.15) is 27.2 Å². The van der Waals surface area contributed by atoms with Crippen LogP contribution >= 0.6 is 0 Å². The van der Waals surface area contributed by atoms with E-state index < -0.39 is 0 Å². The summed E-state index contributed by atoms with van der Waals surface area (Å²) < 4.78 is 13.4. The minimum Gasteiger partial charge on any atom is -0.384 e. The van der Waals surface area contributed by atoms with Crippen LogP contribution in [0.2, 0.25) is 0 Å². The van der Waals surface area contributed by atoms with Crippen molar-refractivity contribution in [3.63, 3.8) is 0 Å². The maximum atomic E-state index is 13.4. The Labute approximate surface area is 198 Å². The van der Waals surface area contributed by atoms with Gasteiger partial charge < -0.3 is 16.4 Å². The molecule has 4 rings (SSSR count). The molecule has 0 bridgehead atoms. The molecule has 4 N–H and O–H groups in total. The molecule has 6 nitrogen and oxygen atoms in total. The van der Waals surface area contributed by atoms with Gasteiger partial charge in [0.1, 0.15) is 5.82 Å². The predicted molar refractivity (Wildman–Crippen MR) is 132 cm³/mol. The largest absolute Gasteiger partial charge is 0.384 e. The third kappa shape index (κ3) is 6.02. The molecule has 0 aliphatic rings. The number of hydrogen-bond acceptors (Lipinski definition) is 5. The molecule has 7 heteroatoms. The number of amides is 1. The van der Waals surface area contributed by atoms with E-state index in [-0.39, 0.29) is 11.7 Å². The summed E-state index contributed by atoms with van der Waals surface area (Å²) in [5.41, 5.74) is 11.3. The molecule has 0 unspecified atom stereocenters. The van der Waals surface area contributed by atoms with E-state index in [1.807, 2.05) is 48.5 Å². The van der Waals surface area contributed by atoms with E-state index in [2.05, 4.69) is 20.6 Å². The highest BCUT2D eigenvalue weighted by molar-refractivity contribution is 5.94. The van der Waals surface area contributed by atoms with Crippen molar-refractivity contribution in [2.45, 2.75) is 19.5 Å². The summed E-state index contributed by atoms with van der Waals surface area (Å²) in [5.74, 6) is -0.447. The van der Waals surface area contributed by atoms with Crippen LogP contribution in [0.5, 0.6) is 0 Å². The van der Waals surface area contributed by atoms with Gasteiger partial charge in [-0.05, 0) is 53.9 Å². The molecule has 2 heterocycles. The zero-order valence-electron chi connectivity index (χ0n) is 18.7. The van der Waals surface area contributed by atoms with E-state index in [4.69, 9.17) is 5.73 Å². The Hall–Kier alpha value is -4.10. The van der Waals surface area contributed by atoms with E-state index in [1.54, 1.807) is 30.6 Å². The van der Waals surface area contributed by atoms with Crippen LogP contribution in [0.25, 0.3) is 11.3 Å². The Morgan fingerprint density at radius 1 is 0.912 bits per heavy atom. The lowest BCUT2D eigenvalue weighted by atomic mass is 10.1. The summed E-state index contributed by atoms with van der Waals surface area (Å²) in [6.07, 6.45) is 3.98. The van der Waals surface area contributed by atoms with Gasteiger partial charge in [-0.2, -0.15) is 0 Å². The first-order valence-electron chi connectivity index (χ1n) is 11.1. The zero-order chi connectivity index (χ0) is 23.8. The fourth-order valence-electron chi connectivity index (χ4n) is 3.54. The Morgan fingerprint density at radius 2 is 1.79 bits per heavy atom. The summed E-state index contributed by atoms with van der Waals surface area (Å²) in [6, 6.07) is 21.8. The van der Waals surface area contributed by atoms with Gasteiger partial charge in [0, 0.05) is 36.7 Å². The van der Waals surface area contributed by atoms with E-state index in [9.17, 15) is 9.18 Å². The van der Waals surface area contributed by atoms with Gasteiger partial charge in [0.2, 0.25) is 0 Å². The van der Waals surface area contributed by atoms with Crippen molar-refractivity contribution in [1.82, 2.24) is 15.3 Å². The number of aromatic nitrogens is 2. The molecule has 0 radical (unpaired) electrons. The summed E-state index contributed by atoms with van der Waals surface area (Å²) >= 11 is 0. The summed E-state index contributed by atoms with van der Waals surface area (Å²) in [4.78, 5) is 21.3. The molecule has 1 amide bonds. The molecule has 0 fully saturated rings. The number of carbonyl (C=O) groups excluding carboxylic acids is 1. The number of nitrogens with zero attached hydrogens (tertiary/aromatic N) is 2. The van der Waals surface area contributed by atoms with Gasteiger partial charge in [-0.3, -0.25) is 14.8 Å². The van der Waals surface area contributed by atoms with Crippen LogP contribution < -0.4 is 16.4 Å². The first kappa shape index (κ1) is 23.1. The standard InChI is InChI=1S/C27H26FN5O/c28-22-5-3-4-19(14-22)12-13-30-25-7-2-1-6-24(25)26-11-9-21(17-32-26)27(34)33-18-23-10-8-20(15-29)16-31-23/h1-11,14,16-17,30H,12-13,15,18,29H2,(H,33,34). The smallest absolute Gasteiger partial charge is 0.253 e. The molecule has 0 saturated heterocycles. The number of nitrogens with one attached hydrogen (secondary N) is 2. The van der Waals surface area contributed by atoms with E-state index in [1.165, 1.54) is 6.07 Å². The third-order valence-electron chi connectivity index (χ3n) is 5.40. The van der Waals surface area contributed by atoms with Crippen LogP contribution in [0.4, 0.5) is 10.1 Å². The number of rotatable bonds is 9. The second-order valence-electron chi connectivity index (χ2n) is 7.83. The van der Waals surface area contributed by atoms with Gasteiger partial charge >= 0.3 is 0 Å². The van der Waals surface area contributed by atoms with Gasteiger partial charge in [0.25, 0.3) is 5.91 Å². The Morgan fingerprint density at radius 3 is 2.53 bits per heavy atom. The number of halogens is 1. The topological polar surface area (TPSA) is 92.9 Å². The maximum Gasteiger partial charge on any atom is 0.253 e. The van der Waals surface area contributed by atoms with Crippen LogP contribution in [-0.4, -0.2) is 22.4 Å². The molecule has 0 atom stereocenters. The maximum absolute atomic E-state index is 13.4. The van der Waals surface area contributed by atoms with Gasteiger partial charge in [-0.15, -0.1) is 0 Å². The molecular formula is C27H26FN5O. The average Bonchev–Trinajstić information content (AvgIpc) is 2.88. The van der Waals surface area contributed by atoms with E-state index in [0.29, 0.717) is 31.6 Å². The molecule has 0 spiro atoms. The SMILES string of the molecule is NCc1ccc(CNC(=O)c2ccc(-c3ccccc3NCCc3cccc(F)c3)nc2)nc1. The lowest BCUT2D eigenvalue weighted by molar-refractivity contribution is 0.0950. The first-order valence-corrected chi connectivity index (χ1v) is 11.1. The average molecular weight is 456 g/mol. The lowest BCUT2D eigenvalue weighted by Gasteiger charge is -2.12. The molecular weight excluding hydrogens is 429 g/mol. The van der Waals surface area contributed by atoms with Crippen LogP contribution in [0.3, 0.4) is 0 Å². The van der Waals surface area contributed by atoms with Crippen LogP contribution in [-0.2, 0) is 19.5 Å². The zero-order valence-corrected chi connectivity index (χ0v) is 18.7. The predicted octanol–water partition coefficient (Wildman–Crippen LogP) is 4.33. The number of pyridine rings is 2. The van der Waals surface area contributed by atoms with Crippen molar-refractivity contribution in [3.05, 3.63) is 113 Å². The Kier molecular flexibility index (Phi) is 7.57. The van der Waals surface area contributed by atoms with Crippen LogP contribution in [0.15, 0.2) is 85.2 Å². The van der Waals surface area contributed by atoms with Gasteiger partial charge in [0.15, 0.2) is 0 Å². The highest BCUT2D eigenvalue weighted by atomic mass is 19.1. The first-order chi connectivity index (χ1) is 16.6. The summed E-state index contributed by atoms with van der Waals surface area (Å²) in [5, 5.41) is 6.27. The van der Waals surface area contributed by atoms with Crippen molar-refractivity contribution < 1.29 is 9.18 Å². The second kappa shape index (κ2) is 11.2. The Bertz CT molecular complexity index is 1240. The quantitative estimate of drug-likeness (QED) is 0.349. The number of carbonyl (C=O) groups is 1. The number of benzene rings is 2. The molecule has 0 aliphatic carbocycles. The van der Waals surface area contributed by atoms with Crippen molar-refractivity contribution in [2.75, 3.05) is 11.9 Å². The molecule has 172 valence electrons. The molecule has 4 aromatic rings. The lowest BCUT2D eigenvalue weighted by Crippen LogP contribution is -2.23. The fraction of sp³-hybridized carbons (Fsp3) is 0.148. The van der Waals surface area contributed by atoms with E-state index in [0.717, 1.165) is 33.8 Å². The number of nitrogens with two attached hydrogens (primary N) is 1. The minimum absolute atomic E-state index is 0.217. The van der Waals surface area contributed by atoms with Crippen molar-refractivity contribution in [1.29, 1.82) is 0 Å². The third-order valence-corrected chi connectivity index (χ3v) is 5.40. The van der Waals surface area contributed by atoms with Crippen molar-refractivity contribution >= 4 is 11.6 Å². The van der Waals surface area contributed by atoms with E-state index >= 15 is 0 Å². The van der Waals surface area contributed by atoms with Crippen molar-refractivity contribution in [3.8, 4) is 11.3 Å². The van der Waals surface area contributed by atoms with Crippen LogP contribution in [0, 0.1) is 5.82 Å². The number of anilines is 1. The van der Waals surface area contributed by atoms with Gasteiger partial charge in [-0.1, -0.05) is 36.4 Å². The molecule has 2 aromatic carbocycles.